The Balaban J connectivity index is 1.58. The van der Waals surface area contributed by atoms with Gasteiger partial charge in [0, 0.05) is 24.8 Å². The molecule has 9 heteroatoms. The Bertz CT molecular complexity index is 718. The second kappa shape index (κ2) is 6.78. The smallest absolute Gasteiger partial charge is 0.231 e. The number of hydrogen-bond acceptors (Lipinski definition) is 8. The summed E-state index contributed by atoms with van der Waals surface area (Å²) in [7, 11) is 1.81. The Morgan fingerprint density at radius 3 is 3.04 bits per heavy atom. The molecule has 8 nitrogen and oxygen atoms in total. The Labute approximate surface area is 136 Å². The van der Waals surface area contributed by atoms with E-state index in [0.717, 1.165) is 0 Å². The zero-order chi connectivity index (χ0) is 16.2. The highest BCUT2D eigenvalue weighted by Gasteiger charge is 2.15. The van der Waals surface area contributed by atoms with Gasteiger partial charge < -0.3 is 28.7 Å². The third kappa shape index (κ3) is 3.67. The summed E-state index contributed by atoms with van der Waals surface area (Å²) in [5.74, 6) is 1.94. The van der Waals surface area contributed by atoms with E-state index in [0.29, 0.717) is 34.0 Å². The molecule has 0 aliphatic carbocycles. The van der Waals surface area contributed by atoms with E-state index in [2.05, 4.69) is 10.2 Å². The third-order valence-electron chi connectivity index (χ3n) is 3.17. The quantitative estimate of drug-likeness (QED) is 0.668. The van der Waals surface area contributed by atoms with Gasteiger partial charge in [0.1, 0.15) is 12.4 Å². The van der Waals surface area contributed by atoms with Gasteiger partial charge in [0.15, 0.2) is 22.5 Å². The standard InChI is InChI=1S/C14H15N3O5S/c1-17-12(15-16-14(17)23-5-4-13(18)19)7-20-9-2-3-10-11(6-9)22-8-21-10/h2-3,6H,4-5,7-8H2,1H3,(H,18,19)/p-1. The molecule has 0 N–H and O–H groups in total. The number of carbonyl (C=O) groups excluding carboxylic acids is 1. The lowest BCUT2D eigenvalue weighted by atomic mass is 10.3. The number of aromatic nitrogens is 3. The van der Waals surface area contributed by atoms with Crippen LogP contribution in [0.25, 0.3) is 0 Å². The molecular formula is C14H14N3O5S-. The van der Waals surface area contributed by atoms with Crippen molar-refractivity contribution in [3.8, 4) is 17.2 Å². The number of carboxylic acids is 1. The molecule has 1 aromatic heterocycles. The van der Waals surface area contributed by atoms with Crippen molar-refractivity contribution in [3.05, 3.63) is 24.0 Å². The first-order valence-electron chi connectivity index (χ1n) is 6.87. The van der Waals surface area contributed by atoms with Crippen LogP contribution < -0.4 is 19.3 Å². The van der Waals surface area contributed by atoms with E-state index in [4.69, 9.17) is 14.2 Å². The van der Waals surface area contributed by atoms with Crippen LogP contribution in [0.3, 0.4) is 0 Å². The first-order chi connectivity index (χ1) is 11.1. The Morgan fingerprint density at radius 2 is 2.22 bits per heavy atom. The van der Waals surface area contributed by atoms with Gasteiger partial charge in [0.2, 0.25) is 6.79 Å². The highest BCUT2D eigenvalue weighted by atomic mass is 32.2. The lowest BCUT2D eigenvalue weighted by Gasteiger charge is -2.07. The first kappa shape index (κ1) is 15.5. The number of hydrogen-bond donors (Lipinski definition) is 0. The number of carbonyl (C=O) groups is 1. The molecule has 0 fully saturated rings. The van der Waals surface area contributed by atoms with Crippen molar-refractivity contribution in [2.24, 2.45) is 7.05 Å². The molecule has 1 aromatic carbocycles. The molecular weight excluding hydrogens is 322 g/mol. The Kier molecular flexibility index (Phi) is 4.56. The van der Waals surface area contributed by atoms with Crippen LogP contribution in [0.4, 0.5) is 0 Å². The monoisotopic (exact) mass is 336 g/mol. The van der Waals surface area contributed by atoms with Crippen LogP contribution >= 0.6 is 11.8 Å². The van der Waals surface area contributed by atoms with E-state index in [9.17, 15) is 9.90 Å². The summed E-state index contributed by atoms with van der Waals surface area (Å²) in [6.07, 6.45) is -0.0272. The molecule has 0 radical (unpaired) electrons. The summed E-state index contributed by atoms with van der Waals surface area (Å²) in [6.45, 7) is 0.457. The number of fused-ring (bicyclic) bond motifs is 1. The van der Waals surface area contributed by atoms with Gasteiger partial charge in [-0.25, -0.2) is 0 Å². The van der Waals surface area contributed by atoms with Gasteiger partial charge in [0.25, 0.3) is 0 Å². The minimum atomic E-state index is -1.08. The van der Waals surface area contributed by atoms with E-state index in [1.165, 1.54) is 11.8 Å². The number of ether oxygens (including phenoxy) is 3. The van der Waals surface area contributed by atoms with Crippen molar-refractivity contribution in [2.45, 2.75) is 18.2 Å². The van der Waals surface area contributed by atoms with Crippen LogP contribution in [0.2, 0.25) is 0 Å². The fraction of sp³-hybridized carbons (Fsp3) is 0.357. The number of thioether (sulfide) groups is 1. The van der Waals surface area contributed by atoms with Crippen LogP contribution in [-0.4, -0.2) is 33.3 Å². The summed E-state index contributed by atoms with van der Waals surface area (Å²) in [5.41, 5.74) is 0. The molecule has 0 saturated carbocycles. The second-order valence-electron chi connectivity index (χ2n) is 4.73. The maximum atomic E-state index is 10.4. The van der Waals surface area contributed by atoms with E-state index in [1.54, 1.807) is 29.8 Å². The van der Waals surface area contributed by atoms with Crippen LogP contribution in [0.15, 0.2) is 23.4 Å². The zero-order valence-electron chi connectivity index (χ0n) is 12.4. The van der Waals surface area contributed by atoms with Gasteiger partial charge in [-0.05, 0) is 18.6 Å². The Hall–Kier alpha value is -2.42. The van der Waals surface area contributed by atoms with Crippen molar-refractivity contribution in [1.29, 1.82) is 0 Å². The van der Waals surface area contributed by atoms with Crippen molar-refractivity contribution in [1.82, 2.24) is 14.8 Å². The van der Waals surface area contributed by atoms with E-state index < -0.39 is 5.97 Å². The number of benzene rings is 1. The summed E-state index contributed by atoms with van der Waals surface area (Å²) in [6, 6.07) is 5.34. The summed E-state index contributed by atoms with van der Waals surface area (Å²) >= 11 is 1.31. The highest BCUT2D eigenvalue weighted by Crippen LogP contribution is 2.35. The molecule has 2 aromatic rings. The van der Waals surface area contributed by atoms with Gasteiger partial charge >= 0.3 is 0 Å². The minimum absolute atomic E-state index is 0.0272. The molecule has 2 heterocycles. The summed E-state index contributed by atoms with van der Waals surface area (Å²) in [5, 5.41) is 19.1. The molecule has 122 valence electrons. The fourth-order valence-electron chi connectivity index (χ4n) is 1.94. The normalized spacial score (nSPS) is 12.4. The van der Waals surface area contributed by atoms with Gasteiger partial charge in [-0.2, -0.15) is 0 Å². The first-order valence-corrected chi connectivity index (χ1v) is 7.85. The van der Waals surface area contributed by atoms with E-state index in [-0.39, 0.29) is 19.8 Å². The van der Waals surface area contributed by atoms with Crippen LogP contribution in [0, 0.1) is 0 Å². The molecule has 0 amide bonds. The fourth-order valence-corrected chi connectivity index (χ4v) is 2.79. The maximum Gasteiger partial charge on any atom is 0.231 e. The van der Waals surface area contributed by atoms with Crippen LogP contribution in [0.5, 0.6) is 17.2 Å². The van der Waals surface area contributed by atoms with Crippen molar-refractivity contribution in [3.63, 3.8) is 0 Å². The third-order valence-corrected chi connectivity index (χ3v) is 4.20. The molecule has 0 atom stereocenters. The molecule has 0 unspecified atom stereocenters. The van der Waals surface area contributed by atoms with E-state index in [1.807, 2.05) is 0 Å². The lowest BCUT2D eigenvalue weighted by molar-refractivity contribution is -0.305. The van der Waals surface area contributed by atoms with Crippen LogP contribution in [0.1, 0.15) is 12.2 Å². The number of aliphatic carboxylic acids is 1. The molecule has 23 heavy (non-hydrogen) atoms. The largest absolute Gasteiger partial charge is 0.550 e. The highest BCUT2D eigenvalue weighted by molar-refractivity contribution is 7.99. The van der Waals surface area contributed by atoms with E-state index >= 15 is 0 Å². The molecule has 3 rings (SSSR count). The van der Waals surface area contributed by atoms with Crippen molar-refractivity contribution < 1.29 is 24.1 Å². The minimum Gasteiger partial charge on any atom is -0.550 e. The van der Waals surface area contributed by atoms with Crippen LogP contribution in [-0.2, 0) is 18.4 Å². The number of carboxylic acid groups (broad SMARTS) is 1. The van der Waals surface area contributed by atoms with Gasteiger partial charge in [0.05, 0.1) is 0 Å². The number of rotatable bonds is 7. The van der Waals surface area contributed by atoms with Crippen molar-refractivity contribution >= 4 is 17.7 Å². The molecule has 0 saturated heterocycles. The van der Waals surface area contributed by atoms with Gasteiger partial charge in [-0.1, -0.05) is 11.8 Å². The molecule has 0 bridgehead atoms. The number of nitrogens with zero attached hydrogens (tertiary/aromatic N) is 3. The average Bonchev–Trinajstić information content (AvgIpc) is 3.12. The predicted octanol–water partition coefficient (Wildman–Crippen LogP) is 0.355. The average molecular weight is 336 g/mol. The lowest BCUT2D eigenvalue weighted by Crippen LogP contribution is -2.22. The van der Waals surface area contributed by atoms with Gasteiger partial charge in [-0.15, -0.1) is 10.2 Å². The molecule has 0 spiro atoms. The van der Waals surface area contributed by atoms with Crippen molar-refractivity contribution in [2.75, 3.05) is 12.5 Å². The summed E-state index contributed by atoms with van der Waals surface area (Å²) in [4.78, 5) is 10.4. The second-order valence-corrected chi connectivity index (χ2v) is 5.79. The van der Waals surface area contributed by atoms with Gasteiger partial charge in [-0.3, -0.25) is 0 Å². The Morgan fingerprint density at radius 1 is 1.39 bits per heavy atom. The molecule has 1 aliphatic heterocycles. The summed E-state index contributed by atoms with van der Waals surface area (Å²) < 4.78 is 18.0. The SMILES string of the molecule is Cn1c(COc2ccc3c(c2)OCO3)nnc1SCCC(=O)[O-]. The molecule has 1 aliphatic rings. The zero-order valence-corrected chi connectivity index (χ0v) is 13.2. The maximum absolute atomic E-state index is 10.4. The predicted molar refractivity (Wildman–Crippen MR) is 78.2 cm³/mol. The topological polar surface area (TPSA) is 98.5 Å².